The van der Waals surface area contributed by atoms with Gasteiger partial charge in [0.05, 0.1) is 10.8 Å². The second kappa shape index (κ2) is 7.80. The molecule has 166 valence electrons. The summed E-state index contributed by atoms with van der Waals surface area (Å²) < 4.78 is 5.88. The summed E-state index contributed by atoms with van der Waals surface area (Å²) in [5.74, 6) is -2.77. The van der Waals surface area contributed by atoms with Crippen molar-refractivity contribution in [1.82, 2.24) is 0 Å². The summed E-state index contributed by atoms with van der Waals surface area (Å²) in [5.41, 5.74) is -0.368. The second-order valence-corrected chi connectivity index (χ2v) is 8.60. The van der Waals surface area contributed by atoms with Gasteiger partial charge in [-0.1, -0.05) is 27.7 Å². The molecule has 0 saturated carbocycles. The van der Waals surface area contributed by atoms with Gasteiger partial charge in [0.2, 0.25) is 0 Å². The molecule has 1 atom stereocenters. The highest BCUT2D eigenvalue weighted by molar-refractivity contribution is 6.23. The minimum Gasteiger partial charge on any atom is -0.507 e. The lowest BCUT2D eigenvalue weighted by molar-refractivity contribution is 0.0924. The lowest BCUT2D eigenvalue weighted by Crippen LogP contribution is -2.11. The maximum atomic E-state index is 13.1. The summed E-state index contributed by atoms with van der Waals surface area (Å²) in [7, 11) is 0. The van der Waals surface area contributed by atoms with Gasteiger partial charge in [-0.15, -0.1) is 0 Å². The third-order valence-electron chi connectivity index (χ3n) is 5.91. The van der Waals surface area contributed by atoms with Crippen LogP contribution in [-0.2, 0) is 0 Å². The average molecular weight is 428 g/mol. The summed E-state index contributed by atoms with van der Waals surface area (Å²) in [6.07, 6.45) is 0.641. The monoisotopic (exact) mass is 428 g/mol. The number of phenolic OH excluding ortho intramolecular Hbond substituents is 4. The quantitative estimate of drug-likeness (QED) is 0.383. The van der Waals surface area contributed by atoms with Crippen molar-refractivity contribution >= 4 is 33.5 Å². The molecule has 1 aromatic heterocycles. The Hall–Kier alpha value is -3.22. The standard InChI is InChI=1S/C24H28O7/c1-7-10(4)18(26)17-22(30)12(6)21(29)16-15-20(28)11(5)19(27)14(13(25)8-9(2)3)23(15)31-24(16)17/h9-10,27-30H,7-8H2,1-6H3/t10-/m0/s1. The second-order valence-electron chi connectivity index (χ2n) is 8.60. The Kier molecular flexibility index (Phi) is 5.65. The Balaban J connectivity index is 2.58. The Labute approximate surface area is 179 Å². The molecule has 7 nitrogen and oxygen atoms in total. The average Bonchev–Trinajstić information content (AvgIpc) is 3.09. The van der Waals surface area contributed by atoms with E-state index in [9.17, 15) is 30.0 Å². The van der Waals surface area contributed by atoms with Crippen molar-refractivity contribution in [3.63, 3.8) is 0 Å². The van der Waals surface area contributed by atoms with E-state index in [1.54, 1.807) is 6.92 Å². The molecular formula is C24H28O7. The molecule has 0 aliphatic rings. The van der Waals surface area contributed by atoms with Crippen LogP contribution in [0.5, 0.6) is 23.0 Å². The highest BCUT2D eigenvalue weighted by Crippen LogP contribution is 2.51. The first-order valence-electron chi connectivity index (χ1n) is 10.4. The van der Waals surface area contributed by atoms with Crippen LogP contribution in [0, 0.1) is 25.7 Å². The number of carbonyl (C=O) groups excluding carboxylic acids is 2. The van der Waals surface area contributed by atoms with Gasteiger partial charge >= 0.3 is 0 Å². The number of fused-ring (bicyclic) bond motifs is 3. The molecule has 3 aromatic rings. The van der Waals surface area contributed by atoms with Crippen molar-refractivity contribution in [2.24, 2.45) is 11.8 Å². The molecule has 0 aliphatic heterocycles. The molecule has 1 heterocycles. The van der Waals surface area contributed by atoms with Crippen molar-refractivity contribution in [2.75, 3.05) is 0 Å². The molecule has 3 rings (SSSR count). The Bertz CT molecular complexity index is 1230. The lowest BCUT2D eigenvalue weighted by atomic mass is 9.91. The van der Waals surface area contributed by atoms with Crippen LogP contribution in [0.25, 0.3) is 21.9 Å². The number of Topliss-reactive ketones (excluding diaryl/α,β-unsaturated/α-hetero) is 2. The molecular weight excluding hydrogens is 400 g/mol. The fraction of sp³-hybridized carbons (Fsp3) is 0.417. The summed E-state index contributed by atoms with van der Waals surface area (Å²) in [6, 6.07) is 0. The number of ketones is 2. The van der Waals surface area contributed by atoms with Gasteiger partial charge in [-0.25, -0.2) is 0 Å². The van der Waals surface area contributed by atoms with Crippen molar-refractivity contribution < 1.29 is 34.4 Å². The molecule has 2 aromatic carbocycles. The third-order valence-corrected chi connectivity index (χ3v) is 5.91. The minimum atomic E-state index is -0.433. The van der Waals surface area contributed by atoms with Gasteiger partial charge in [-0.05, 0) is 26.2 Å². The predicted octanol–water partition coefficient (Wildman–Crippen LogP) is 5.48. The van der Waals surface area contributed by atoms with E-state index in [0.717, 1.165) is 0 Å². The number of furan rings is 1. The normalized spacial score (nSPS) is 12.7. The molecule has 0 spiro atoms. The van der Waals surface area contributed by atoms with Gasteiger partial charge in [0, 0.05) is 23.5 Å². The molecule has 0 fully saturated rings. The molecule has 0 saturated heterocycles. The van der Waals surface area contributed by atoms with E-state index in [2.05, 4.69) is 0 Å². The SMILES string of the molecule is CC[C@H](C)C(=O)c1c(O)c(C)c(O)c2c1oc1c(C(=O)CC(C)C)c(O)c(C)c(O)c12. The van der Waals surface area contributed by atoms with E-state index in [1.807, 2.05) is 20.8 Å². The van der Waals surface area contributed by atoms with Crippen LogP contribution in [0.1, 0.15) is 72.4 Å². The number of hydrogen-bond donors (Lipinski definition) is 4. The lowest BCUT2D eigenvalue weighted by Gasteiger charge is -2.13. The third kappa shape index (κ3) is 3.28. The Morgan fingerprint density at radius 3 is 1.71 bits per heavy atom. The first-order chi connectivity index (χ1) is 14.4. The number of hydrogen-bond acceptors (Lipinski definition) is 7. The van der Waals surface area contributed by atoms with Crippen LogP contribution in [0.3, 0.4) is 0 Å². The van der Waals surface area contributed by atoms with Crippen LogP contribution in [0.4, 0.5) is 0 Å². The van der Waals surface area contributed by atoms with Crippen LogP contribution in [0.2, 0.25) is 0 Å². The number of aromatic hydroxyl groups is 4. The zero-order chi connectivity index (χ0) is 23.4. The zero-order valence-corrected chi connectivity index (χ0v) is 18.6. The van der Waals surface area contributed by atoms with E-state index in [4.69, 9.17) is 4.42 Å². The van der Waals surface area contributed by atoms with Gasteiger partial charge in [-0.2, -0.15) is 0 Å². The van der Waals surface area contributed by atoms with Crippen molar-refractivity contribution in [3.8, 4) is 23.0 Å². The van der Waals surface area contributed by atoms with Crippen LogP contribution in [0.15, 0.2) is 4.42 Å². The molecule has 31 heavy (non-hydrogen) atoms. The van der Waals surface area contributed by atoms with Gasteiger partial charge in [0.1, 0.15) is 34.1 Å². The van der Waals surface area contributed by atoms with E-state index >= 15 is 0 Å². The predicted molar refractivity (Wildman–Crippen MR) is 117 cm³/mol. The summed E-state index contributed by atoms with van der Waals surface area (Å²) in [6.45, 7) is 10.2. The Morgan fingerprint density at radius 1 is 0.806 bits per heavy atom. The molecule has 4 N–H and O–H groups in total. The maximum Gasteiger partial charge on any atom is 0.173 e. The molecule has 0 aliphatic carbocycles. The van der Waals surface area contributed by atoms with Gasteiger partial charge in [0.25, 0.3) is 0 Å². The number of phenols is 4. The first-order valence-corrected chi connectivity index (χ1v) is 10.4. The molecule has 0 amide bonds. The van der Waals surface area contributed by atoms with Crippen molar-refractivity contribution in [2.45, 2.75) is 54.4 Å². The Morgan fingerprint density at radius 2 is 1.26 bits per heavy atom. The van der Waals surface area contributed by atoms with Crippen LogP contribution >= 0.6 is 0 Å². The van der Waals surface area contributed by atoms with Gasteiger partial charge < -0.3 is 24.8 Å². The van der Waals surface area contributed by atoms with Crippen LogP contribution < -0.4 is 0 Å². The fourth-order valence-electron chi connectivity index (χ4n) is 3.82. The van der Waals surface area contributed by atoms with Gasteiger partial charge in [-0.3, -0.25) is 9.59 Å². The van der Waals surface area contributed by atoms with Crippen molar-refractivity contribution in [1.29, 1.82) is 0 Å². The van der Waals surface area contributed by atoms with E-state index in [0.29, 0.717) is 6.42 Å². The van der Waals surface area contributed by atoms with E-state index < -0.39 is 23.2 Å². The smallest absolute Gasteiger partial charge is 0.173 e. The summed E-state index contributed by atoms with van der Waals surface area (Å²) in [4.78, 5) is 26.0. The van der Waals surface area contributed by atoms with Crippen molar-refractivity contribution in [3.05, 3.63) is 22.3 Å². The molecule has 0 bridgehead atoms. The number of rotatable bonds is 6. The topological polar surface area (TPSA) is 128 Å². The minimum absolute atomic E-state index is 0.00247. The largest absolute Gasteiger partial charge is 0.507 e. The van der Waals surface area contributed by atoms with Crippen LogP contribution in [-0.4, -0.2) is 32.0 Å². The highest BCUT2D eigenvalue weighted by atomic mass is 16.3. The fourth-order valence-corrected chi connectivity index (χ4v) is 3.82. The summed E-state index contributed by atoms with van der Waals surface area (Å²) in [5, 5.41) is 43.0. The van der Waals surface area contributed by atoms with Gasteiger partial charge in [0.15, 0.2) is 22.7 Å². The maximum absolute atomic E-state index is 13.1. The number of benzene rings is 2. The molecule has 0 unspecified atom stereocenters. The molecule has 0 radical (unpaired) electrons. The molecule has 7 heteroatoms. The number of carbonyl (C=O) groups is 2. The van der Waals surface area contributed by atoms with E-state index in [1.165, 1.54) is 13.8 Å². The summed E-state index contributed by atoms with van der Waals surface area (Å²) >= 11 is 0. The first kappa shape index (κ1) is 22.5. The zero-order valence-electron chi connectivity index (χ0n) is 18.6. The van der Waals surface area contributed by atoms with E-state index in [-0.39, 0.29) is 73.8 Å². The highest BCUT2D eigenvalue weighted by Gasteiger charge is 2.33.